The van der Waals surface area contributed by atoms with E-state index in [1.165, 1.54) is 18.2 Å². The number of sulfone groups is 1. The molecule has 19 heavy (non-hydrogen) atoms. The second-order valence-corrected chi connectivity index (χ2v) is 6.05. The van der Waals surface area contributed by atoms with Gasteiger partial charge >= 0.3 is 0 Å². The van der Waals surface area contributed by atoms with E-state index in [4.69, 9.17) is 11.5 Å². The number of anilines is 1. The quantitative estimate of drug-likeness (QED) is 0.614. The number of hydrogen-bond donors (Lipinski definition) is 3. The number of amides is 2. The summed E-state index contributed by atoms with van der Waals surface area (Å²) in [5.74, 6) is -1.05. The van der Waals surface area contributed by atoms with E-state index in [-0.39, 0.29) is 29.1 Å². The van der Waals surface area contributed by atoms with Gasteiger partial charge in [-0.25, -0.2) is 8.42 Å². The molecule has 0 aromatic heterocycles. The largest absolute Gasteiger partial charge is 0.399 e. The highest BCUT2D eigenvalue weighted by atomic mass is 32.2. The Hall–Kier alpha value is -2.09. The fraction of sp³-hybridized carbons (Fsp3) is 0.273. The second-order valence-electron chi connectivity index (χ2n) is 4.04. The lowest BCUT2D eigenvalue weighted by atomic mass is 10.2. The number of carbonyl (C=O) groups excluding carboxylic acids is 2. The Bertz CT molecular complexity index is 610. The minimum absolute atomic E-state index is 0.00693. The first-order valence-electron chi connectivity index (χ1n) is 5.37. The summed E-state index contributed by atoms with van der Waals surface area (Å²) in [4.78, 5) is 22.2. The molecule has 0 bridgehead atoms. The van der Waals surface area contributed by atoms with Gasteiger partial charge in [-0.15, -0.1) is 0 Å². The zero-order valence-electron chi connectivity index (χ0n) is 10.3. The number of benzene rings is 1. The standard InChI is InChI=1S/C11H15N3O4S/c1-19(17,18)9-5-7(4-8(12)6-9)11(16)14-3-2-10(13)15/h4-6H,2-3,12H2,1H3,(H2,13,15)(H,14,16). The van der Waals surface area contributed by atoms with Crippen LogP contribution in [0.1, 0.15) is 16.8 Å². The van der Waals surface area contributed by atoms with Gasteiger partial charge in [0.15, 0.2) is 9.84 Å². The molecule has 1 aromatic rings. The number of primary amides is 1. The predicted molar refractivity (Wildman–Crippen MR) is 70.1 cm³/mol. The maximum atomic E-state index is 11.7. The van der Waals surface area contributed by atoms with Crippen LogP contribution in [-0.4, -0.2) is 33.0 Å². The molecule has 0 aliphatic rings. The van der Waals surface area contributed by atoms with E-state index < -0.39 is 21.7 Å². The van der Waals surface area contributed by atoms with Gasteiger partial charge in [-0.2, -0.15) is 0 Å². The van der Waals surface area contributed by atoms with Crippen molar-refractivity contribution in [2.24, 2.45) is 5.73 Å². The van der Waals surface area contributed by atoms with Crippen molar-refractivity contribution in [3.8, 4) is 0 Å². The summed E-state index contributed by atoms with van der Waals surface area (Å²) in [7, 11) is -3.45. The van der Waals surface area contributed by atoms with Crippen LogP contribution in [0.25, 0.3) is 0 Å². The molecule has 7 nitrogen and oxygen atoms in total. The van der Waals surface area contributed by atoms with Crippen molar-refractivity contribution >= 4 is 27.3 Å². The van der Waals surface area contributed by atoms with E-state index in [0.29, 0.717) is 0 Å². The van der Waals surface area contributed by atoms with Crippen LogP contribution in [0.4, 0.5) is 5.69 Å². The summed E-state index contributed by atoms with van der Waals surface area (Å²) in [5, 5.41) is 2.45. The zero-order chi connectivity index (χ0) is 14.6. The molecule has 0 atom stereocenters. The lowest BCUT2D eigenvalue weighted by molar-refractivity contribution is -0.117. The molecule has 1 rings (SSSR count). The molecule has 0 aliphatic carbocycles. The molecule has 0 heterocycles. The summed E-state index contributed by atoms with van der Waals surface area (Å²) >= 11 is 0. The van der Waals surface area contributed by atoms with Crippen molar-refractivity contribution in [1.82, 2.24) is 5.32 Å². The molecule has 0 spiro atoms. The number of rotatable bonds is 5. The van der Waals surface area contributed by atoms with Gasteiger partial charge < -0.3 is 16.8 Å². The van der Waals surface area contributed by atoms with Crippen LogP contribution < -0.4 is 16.8 Å². The molecular weight excluding hydrogens is 270 g/mol. The summed E-state index contributed by atoms with van der Waals surface area (Å²) in [6, 6.07) is 3.86. The molecule has 0 fully saturated rings. The molecule has 5 N–H and O–H groups in total. The molecule has 0 radical (unpaired) electrons. The van der Waals surface area contributed by atoms with Crippen molar-refractivity contribution in [2.75, 3.05) is 18.5 Å². The Morgan fingerprint density at radius 2 is 1.89 bits per heavy atom. The Balaban J connectivity index is 2.92. The number of nitrogens with one attached hydrogen (secondary N) is 1. The molecule has 104 valence electrons. The molecule has 1 aromatic carbocycles. The SMILES string of the molecule is CS(=O)(=O)c1cc(N)cc(C(=O)NCCC(N)=O)c1. The summed E-state index contributed by atoms with van der Waals surface area (Å²) < 4.78 is 22.8. The fourth-order valence-corrected chi connectivity index (χ4v) is 2.06. The van der Waals surface area contributed by atoms with Crippen molar-refractivity contribution in [3.05, 3.63) is 23.8 Å². The number of nitrogens with two attached hydrogens (primary N) is 2. The van der Waals surface area contributed by atoms with E-state index in [9.17, 15) is 18.0 Å². The van der Waals surface area contributed by atoms with Crippen LogP contribution in [0, 0.1) is 0 Å². The maximum Gasteiger partial charge on any atom is 0.251 e. The first-order valence-corrected chi connectivity index (χ1v) is 7.26. The van der Waals surface area contributed by atoms with Crippen LogP contribution in [-0.2, 0) is 14.6 Å². The van der Waals surface area contributed by atoms with Crippen LogP contribution in [0.2, 0.25) is 0 Å². The molecule has 0 aliphatic heterocycles. The minimum atomic E-state index is -3.45. The third kappa shape index (κ3) is 4.59. The van der Waals surface area contributed by atoms with Gasteiger partial charge in [-0.05, 0) is 18.2 Å². The van der Waals surface area contributed by atoms with Crippen molar-refractivity contribution in [2.45, 2.75) is 11.3 Å². The highest BCUT2D eigenvalue weighted by Gasteiger charge is 2.13. The number of hydrogen-bond acceptors (Lipinski definition) is 5. The van der Waals surface area contributed by atoms with Crippen LogP contribution in [0.15, 0.2) is 23.1 Å². The smallest absolute Gasteiger partial charge is 0.251 e. The van der Waals surface area contributed by atoms with Gasteiger partial charge in [-0.1, -0.05) is 0 Å². The Labute approximate surface area is 110 Å². The van der Waals surface area contributed by atoms with Gasteiger partial charge in [0.25, 0.3) is 5.91 Å². The maximum absolute atomic E-state index is 11.7. The van der Waals surface area contributed by atoms with Gasteiger partial charge in [0.05, 0.1) is 4.90 Å². The molecule has 8 heteroatoms. The van der Waals surface area contributed by atoms with Gasteiger partial charge in [0.2, 0.25) is 5.91 Å². The topological polar surface area (TPSA) is 132 Å². The third-order valence-electron chi connectivity index (χ3n) is 2.28. The second kappa shape index (κ2) is 5.70. The van der Waals surface area contributed by atoms with Crippen LogP contribution in [0.5, 0.6) is 0 Å². The Morgan fingerprint density at radius 1 is 1.26 bits per heavy atom. The van der Waals surface area contributed by atoms with Crippen molar-refractivity contribution in [3.63, 3.8) is 0 Å². The van der Waals surface area contributed by atoms with Gasteiger partial charge in [-0.3, -0.25) is 9.59 Å². The zero-order valence-corrected chi connectivity index (χ0v) is 11.2. The Morgan fingerprint density at radius 3 is 2.42 bits per heavy atom. The van der Waals surface area contributed by atoms with E-state index in [1.807, 2.05) is 0 Å². The molecule has 0 saturated carbocycles. The normalized spacial score (nSPS) is 11.0. The average molecular weight is 285 g/mol. The van der Waals surface area contributed by atoms with Crippen molar-refractivity contribution in [1.29, 1.82) is 0 Å². The molecular formula is C11H15N3O4S. The lowest BCUT2D eigenvalue weighted by Crippen LogP contribution is -2.28. The third-order valence-corrected chi connectivity index (χ3v) is 3.37. The van der Waals surface area contributed by atoms with E-state index >= 15 is 0 Å². The highest BCUT2D eigenvalue weighted by Crippen LogP contribution is 2.16. The van der Waals surface area contributed by atoms with Crippen LogP contribution >= 0.6 is 0 Å². The average Bonchev–Trinajstić information content (AvgIpc) is 2.26. The summed E-state index contributed by atoms with van der Waals surface area (Å²) in [6.45, 7) is 0.0805. The first-order chi connectivity index (χ1) is 8.70. The first kappa shape index (κ1) is 15.0. The van der Waals surface area contributed by atoms with E-state index in [2.05, 4.69) is 5.32 Å². The monoisotopic (exact) mass is 285 g/mol. The molecule has 0 unspecified atom stereocenters. The minimum Gasteiger partial charge on any atom is -0.399 e. The number of nitrogen functional groups attached to an aromatic ring is 1. The van der Waals surface area contributed by atoms with Gasteiger partial charge in [0, 0.05) is 30.5 Å². The molecule has 0 saturated heterocycles. The van der Waals surface area contributed by atoms with Gasteiger partial charge in [0.1, 0.15) is 0 Å². The lowest BCUT2D eigenvalue weighted by Gasteiger charge is -2.07. The predicted octanol–water partition coefficient (Wildman–Crippen LogP) is -0.722. The number of carbonyl (C=O) groups is 2. The highest BCUT2D eigenvalue weighted by molar-refractivity contribution is 7.90. The summed E-state index contributed by atoms with van der Waals surface area (Å²) in [5.41, 5.74) is 10.8. The van der Waals surface area contributed by atoms with E-state index in [1.54, 1.807) is 0 Å². The molecule has 2 amide bonds. The Kier molecular flexibility index (Phi) is 4.49. The van der Waals surface area contributed by atoms with Crippen LogP contribution in [0.3, 0.4) is 0 Å². The fourth-order valence-electron chi connectivity index (χ4n) is 1.37. The van der Waals surface area contributed by atoms with Crippen molar-refractivity contribution < 1.29 is 18.0 Å². The summed E-state index contributed by atoms with van der Waals surface area (Å²) in [6.07, 6.45) is 1.03. The van der Waals surface area contributed by atoms with E-state index in [0.717, 1.165) is 6.26 Å².